The Morgan fingerprint density at radius 3 is 2.52 bits per heavy atom. The van der Waals surface area contributed by atoms with Gasteiger partial charge in [-0.15, -0.1) is 0 Å². The van der Waals surface area contributed by atoms with E-state index in [1.165, 1.54) is 11.3 Å². The quantitative estimate of drug-likeness (QED) is 0.267. The van der Waals surface area contributed by atoms with Gasteiger partial charge in [0, 0.05) is 28.2 Å². The molecule has 9 heteroatoms. The predicted octanol–water partition coefficient (Wildman–Crippen LogP) is 1.30. The Labute approximate surface area is 155 Å². The predicted molar refractivity (Wildman–Crippen MR) is 96.9 cm³/mol. The summed E-state index contributed by atoms with van der Waals surface area (Å²) in [6.45, 7) is 3.22. The van der Waals surface area contributed by atoms with E-state index in [4.69, 9.17) is 25.0 Å². The molecule has 9 nitrogen and oxygen atoms in total. The van der Waals surface area contributed by atoms with Gasteiger partial charge in [0.15, 0.2) is 0 Å². The van der Waals surface area contributed by atoms with Gasteiger partial charge in [0.25, 0.3) is 5.91 Å². The zero-order valence-electron chi connectivity index (χ0n) is 14.9. The van der Waals surface area contributed by atoms with Crippen LogP contribution < -0.4 is 10.8 Å². The lowest BCUT2D eigenvalue weighted by Gasteiger charge is -2.23. The molecule has 1 aliphatic carbocycles. The summed E-state index contributed by atoms with van der Waals surface area (Å²) in [6, 6.07) is 6.00. The van der Waals surface area contributed by atoms with Gasteiger partial charge in [-0.25, -0.2) is 15.1 Å². The Morgan fingerprint density at radius 1 is 1.22 bits per heavy atom. The molecule has 3 rings (SSSR count). The second kappa shape index (κ2) is 9.15. The number of amides is 1. The highest BCUT2D eigenvalue weighted by atomic mass is 16.5. The molecule has 6 N–H and O–H groups in total. The number of carboxylic acid groups (broad SMARTS) is 2. The highest BCUT2D eigenvalue weighted by molar-refractivity contribution is 6.27. The van der Waals surface area contributed by atoms with Gasteiger partial charge in [-0.3, -0.25) is 10.0 Å². The summed E-state index contributed by atoms with van der Waals surface area (Å²) in [5.74, 6) is -4.12. The van der Waals surface area contributed by atoms with Crippen LogP contribution >= 0.6 is 0 Å². The van der Waals surface area contributed by atoms with Gasteiger partial charge in [0.2, 0.25) is 0 Å². The summed E-state index contributed by atoms with van der Waals surface area (Å²) >= 11 is 0. The van der Waals surface area contributed by atoms with Gasteiger partial charge >= 0.3 is 11.9 Å². The van der Waals surface area contributed by atoms with Crippen molar-refractivity contribution < 1.29 is 29.8 Å². The van der Waals surface area contributed by atoms with E-state index in [1.807, 2.05) is 12.1 Å². The van der Waals surface area contributed by atoms with E-state index >= 15 is 0 Å². The van der Waals surface area contributed by atoms with Gasteiger partial charge in [-0.2, -0.15) is 0 Å². The monoisotopic (exact) mass is 377 g/mol. The van der Waals surface area contributed by atoms with Gasteiger partial charge in [0.1, 0.15) is 0 Å². The maximum absolute atomic E-state index is 11.6. The van der Waals surface area contributed by atoms with Gasteiger partial charge in [-0.1, -0.05) is 6.92 Å². The maximum atomic E-state index is 11.6. The summed E-state index contributed by atoms with van der Waals surface area (Å²) in [4.78, 5) is 33.2. The van der Waals surface area contributed by atoms with Crippen LogP contribution in [0.4, 0.5) is 0 Å². The van der Waals surface area contributed by atoms with Gasteiger partial charge in [-0.05, 0) is 56.0 Å². The maximum Gasteiger partial charge on any atom is 0.414 e. The van der Waals surface area contributed by atoms with Crippen molar-refractivity contribution in [2.75, 3.05) is 6.54 Å². The topological polar surface area (TPSA) is 152 Å². The normalized spacial score (nSPS) is 15.4. The highest BCUT2D eigenvalue weighted by Crippen LogP contribution is 2.30. The Kier molecular flexibility index (Phi) is 6.91. The van der Waals surface area contributed by atoms with Gasteiger partial charge in [0.05, 0.1) is 0 Å². The number of hydroxylamine groups is 1. The Balaban J connectivity index is 0.000000380. The van der Waals surface area contributed by atoms with Crippen LogP contribution in [0.5, 0.6) is 0 Å². The van der Waals surface area contributed by atoms with Crippen molar-refractivity contribution in [1.82, 2.24) is 15.8 Å². The second-order valence-corrected chi connectivity index (χ2v) is 6.29. The van der Waals surface area contributed by atoms with Crippen LogP contribution in [0.25, 0.3) is 10.9 Å². The van der Waals surface area contributed by atoms with E-state index in [1.54, 1.807) is 11.5 Å². The first kappa shape index (κ1) is 20.4. The standard InChI is InChI=1S/C16H21N3O2.C2H2O4/c1-2-7-17-11-4-6-15-13(9-11)12-8-10(16(20)19-21)3-5-14(12)18-15;3-1(4)2(5)6/h3,5,8,11,17-18,21H,2,4,6-7,9H2,1H3,(H,19,20);(H,3,4)(H,5,6). The number of benzene rings is 1. The number of carbonyl (C=O) groups is 3. The molecule has 2 aromatic rings. The van der Waals surface area contributed by atoms with Crippen molar-refractivity contribution in [1.29, 1.82) is 0 Å². The van der Waals surface area contributed by atoms with Crippen LogP contribution in [0.15, 0.2) is 18.2 Å². The molecular formula is C18H23N3O6. The Hall–Kier alpha value is -2.91. The van der Waals surface area contributed by atoms with E-state index in [2.05, 4.69) is 17.2 Å². The van der Waals surface area contributed by atoms with Crippen molar-refractivity contribution in [3.63, 3.8) is 0 Å². The first-order valence-corrected chi connectivity index (χ1v) is 8.64. The SMILES string of the molecule is CCCNC1CCc2[nH]c3ccc(C(=O)NO)cc3c2C1.O=C(O)C(=O)O. The molecule has 27 heavy (non-hydrogen) atoms. The molecule has 1 aromatic heterocycles. The van der Waals surface area contributed by atoms with E-state index in [-0.39, 0.29) is 0 Å². The fraction of sp³-hybridized carbons (Fsp3) is 0.389. The molecule has 0 aliphatic heterocycles. The Bertz CT molecular complexity index is 833. The van der Waals surface area contributed by atoms with Crippen molar-refractivity contribution in [2.45, 2.75) is 38.6 Å². The molecule has 0 bridgehead atoms. The number of nitrogens with one attached hydrogen (secondary N) is 3. The van der Waals surface area contributed by atoms with E-state index in [9.17, 15) is 4.79 Å². The number of aromatic nitrogens is 1. The largest absolute Gasteiger partial charge is 0.473 e. The number of carbonyl (C=O) groups excluding carboxylic acids is 1. The van der Waals surface area contributed by atoms with Gasteiger partial charge < -0.3 is 20.5 Å². The van der Waals surface area contributed by atoms with Crippen molar-refractivity contribution in [3.05, 3.63) is 35.0 Å². The minimum atomic E-state index is -1.82. The molecule has 0 saturated carbocycles. The number of H-pyrrole nitrogens is 1. The highest BCUT2D eigenvalue weighted by Gasteiger charge is 2.22. The lowest BCUT2D eigenvalue weighted by molar-refractivity contribution is -0.159. The van der Waals surface area contributed by atoms with Crippen LogP contribution in [-0.4, -0.2) is 50.8 Å². The molecule has 0 spiro atoms. The molecule has 1 atom stereocenters. The molecule has 146 valence electrons. The summed E-state index contributed by atoms with van der Waals surface area (Å²) in [5.41, 5.74) is 5.82. The fourth-order valence-electron chi connectivity index (χ4n) is 3.15. The van der Waals surface area contributed by atoms with Crippen molar-refractivity contribution >= 4 is 28.7 Å². The average molecular weight is 377 g/mol. The first-order chi connectivity index (χ1) is 12.9. The molecular weight excluding hydrogens is 354 g/mol. The third-order valence-corrected chi connectivity index (χ3v) is 4.42. The summed E-state index contributed by atoms with van der Waals surface area (Å²) < 4.78 is 0. The molecule has 0 radical (unpaired) electrons. The van der Waals surface area contributed by atoms with E-state index in [0.717, 1.165) is 43.1 Å². The minimum absolute atomic E-state index is 0.469. The van der Waals surface area contributed by atoms with Crippen LogP contribution in [0.3, 0.4) is 0 Å². The number of hydrogen-bond donors (Lipinski definition) is 6. The number of rotatable bonds is 4. The van der Waals surface area contributed by atoms with Crippen molar-refractivity contribution in [2.24, 2.45) is 0 Å². The minimum Gasteiger partial charge on any atom is -0.473 e. The zero-order chi connectivity index (χ0) is 20.0. The summed E-state index contributed by atoms with van der Waals surface area (Å²) in [7, 11) is 0. The molecule has 1 amide bonds. The summed E-state index contributed by atoms with van der Waals surface area (Å²) in [5, 5.41) is 28.2. The fourth-order valence-corrected chi connectivity index (χ4v) is 3.15. The molecule has 1 unspecified atom stereocenters. The third kappa shape index (κ3) is 5.05. The Morgan fingerprint density at radius 2 is 1.93 bits per heavy atom. The first-order valence-electron chi connectivity index (χ1n) is 8.64. The molecule has 1 aromatic carbocycles. The molecule has 0 saturated heterocycles. The van der Waals surface area contributed by atoms with Crippen LogP contribution in [0.1, 0.15) is 41.4 Å². The number of hydrogen-bond acceptors (Lipinski definition) is 5. The zero-order valence-corrected chi connectivity index (χ0v) is 14.9. The number of aromatic amines is 1. The molecule has 0 fully saturated rings. The summed E-state index contributed by atoms with van der Waals surface area (Å²) in [6.07, 6.45) is 4.30. The van der Waals surface area contributed by atoms with Crippen molar-refractivity contribution in [3.8, 4) is 0 Å². The third-order valence-electron chi connectivity index (χ3n) is 4.42. The molecule has 1 heterocycles. The average Bonchev–Trinajstić information content (AvgIpc) is 3.03. The van der Waals surface area contributed by atoms with Crippen LogP contribution in [-0.2, 0) is 22.4 Å². The number of aryl methyl sites for hydroxylation is 1. The number of carboxylic acids is 2. The lowest BCUT2D eigenvalue weighted by atomic mass is 9.91. The smallest absolute Gasteiger partial charge is 0.414 e. The van der Waals surface area contributed by atoms with E-state index < -0.39 is 17.8 Å². The number of fused-ring (bicyclic) bond motifs is 3. The number of aliphatic carboxylic acids is 2. The lowest BCUT2D eigenvalue weighted by Crippen LogP contribution is -2.34. The second-order valence-electron chi connectivity index (χ2n) is 6.29. The van der Waals surface area contributed by atoms with Crippen LogP contribution in [0.2, 0.25) is 0 Å². The van der Waals surface area contributed by atoms with Crippen LogP contribution in [0, 0.1) is 0 Å². The molecule has 1 aliphatic rings. The van der Waals surface area contributed by atoms with E-state index in [0.29, 0.717) is 11.6 Å².